The molecule has 0 radical (unpaired) electrons. The zero-order valence-electron chi connectivity index (χ0n) is 26.0. The van der Waals surface area contributed by atoms with E-state index in [-0.39, 0.29) is 6.61 Å². The van der Waals surface area contributed by atoms with Crippen LogP contribution in [0.25, 0.3) is 0 Å². The Labute approximate surface area is 239 Å². The third-order valence-corrected chi connectivity index (χ3v) is 7.62. The molecule has 0 aliphatic heterocycles. The zero-order chi connectivity index (χ0) is 27.5. The van der Waals surface area contributed by atoms with E-state index >= 15 is 0 Å². The van der Waals surface area contributed by atoms with Gasteiger partial charge in [-0.3, -0.25) is 0 Å². The molecule has 230 valence electrons. The van der Waals surface area contributed by atoms with Crippen molar-refractivity contribution in [3.8, 4) is 0 Å². The fraction of sp³-hybridized carbons (Fsp3) is 1.00. The van der Waals surface area contributed by atoms with Crippen LogP contribution in [0.3, 0.4) is 0 Å². The molecular formula is C34H70O4. The SMILES string of the molecule is CCCCCCCCCCCCCCCCCCCCCCCCCCCCOCCOCCOCCO. The summed E-state index contributed by atoms with van der Waals surface area (Å²) in [6.07, 6.45) is 37.2. The van der Waals surface area contributed by atoms with Crippen LogP contribution in [0.5, 0.6) is 0 Å². The molecule has 0 aromatic carbocycles. The third-order valence-electron chi connectivity index (χ3n) is 7.62. The van der Waals surface area contributed by atoms with Crippen molar-refractivity contribution in [2.75, 3.05) is 46.2 Å². The summed E-state index contributed by atoms with van der Waals surface area (Å²) in [7, 11) is 0. The number of aliphatic hydroxyl groups excluding tert-OH is 1. The van der Waals surface area contributed by atoms with E-state index in [9.17, 15) is 0 Å². The van der Waals surface area contributed by atoms with Gasteiger partial charge >= 0.3 is 0 Å². The Morgan fingerprint density at radius 2 is 0.526 bits per heavy atom. The van der Waals surface area contributed by atoms with E-state index in [1.807, 2.05) is 0 Å². The molecular weight excluding hydrogens is 472 g/mol. The van der Waals surface area contributed by atoms with Gasteiger partial charge in [-0.2, -0.15) is 0 Å². The monoisotopic (exact) mass is 543 g/mol. The highest BCUT2D eigenvalue weighted by atomic mass is 16.5. The van der Waals surface area contributed by atoms with Gasteiger partial charge in [-0.05, 0) is 6.42 Å². The second kappa shape index (κ2) is 36.8. The van der Waals surface area contributed by atoms with Crippen molar-refractivity contribution >= 4 is 0 Å². The van der Waals surface area contributed by atoms with Crippen LogP contribution in [0, 0.1) is 0 Å². The van der Waals surface area contributed by atoms with Gasteiger partial charge in [-0.25, -0.2) is 0 Å². The molecule has 0 saturated carbocycles. The summed E-state index contributed by atoms with van der Waals surface area (Å²) < 4.78 is 16.2. The fourth-order valence-corrected chi connectivity index (χ4v) is 5.13. The van der Waals surface area contributed by atoms with Crippen LogP contribution < -0.4 is 0 Å². The number of hydrogen-bond acceptors (Lipinski definition) is 4. The standard InChI is InChI=1S/C34H70O4/c1-2-3-4-5-6-7-8-9-10-11-12-13-14-15-16-17-18-19-20-21-22-23-24-25-26-27-29-36-31-33-38-34-32-37-30-28-35/h35H,2-34H2,1H3. The van der Waals surface area contributed by atoms with E-state index in [4.69, 9.17) is 19.3 Å². The Hall–Kier alpha value is -0.160. The lowest BCUT2D eigenvalue weighted by Crippen LogP contribution is -2.11. The molecule has 0 unspecified atom stereocenters. The van der Waals surface area contributed by atoms with Gasteiger partial charge in [-0.15, -0.1) is 0 Å². The van der Waals surface area contributed by atoms with Crippen LogP contribution >= 0.6 is 0 Å². The molecule has 0 amide bonds. The predicted octanol–water partition coefficient (Wildman–Crippen LogP) is 10.2. The second-order valence-corrected chi connectivity index (χ2v) is 11.4. The largest absolute Gasteiger partial charge is 0.394 e. The maximum Gasteiger partial charge on any atom is 0.0701 e. The summed E-state index contributed by atoms with van der Waals surface area (Å²) >= 11 is 0. The first-order valence-electron chi connectivity index (χ1n) is 17.3. The van der Waals surface area contributed by atoms with Crippen LogP contribution in [-0.4, -0.2) is 51.4 Å². The van der Waals surface area contributed by atoms with Gasteiger partial charge < -0.3 is 19.3 Å². The molecule has 1 N–H and O–H groups in total. The first-order chi connectivity index (χ1) is 18.9. The summed E-state index contributed by atoms with van der Waals surface area (Å²) in [5.74, 6) is 0. The predicted molar refractivity (Wildman–Crippen MR) is 165 cm³/mol. The minimum absolute atomic E-state index is 0.0722. The molecule has 0 spiro atoms. The minimum Gasteiger partial charge on any atom is -0.394 e. The molecule has 0 fully saturated rings. The average molecular weight is 543 g/mol. The average Bonchev–Trinajstić information content (AvgIpc) is 2.93. The normalized spacial score (nSPS) is 11.5. The molecule has 0 rings (SSSR count). The maximum atomic E-state index is 8.60. The molecule has 0 aliphatic rings. The molecule has 4 heteroatoms. The van der Waals surface area contributed by atoms with Gasteiger partial charge in [0.05, 0.1) is 39.6 Å². The third kappa shape index (κ3) is 35.8. The van der Waals surface area contributed by atoms with Gasteiger partial charge in [-0.1, -0.05) is 167 Å². The lowest BCUT2D eigenvalue weighted by molar-refractivity contribution is 0.00719. The molecule has 0 heterocycles. The second-order valence-electron chi connectivity index (χ2n) is 11.4. The number of rotatable bonds is 35. The Balaban J connectivity index is 3.01. The molecule has 4 nitrogen and oxygen atoms in total. The quantitative estimate of drug-likeness (QED) is 0.0809. The van der Waals surface area contributed by atoms with Gasteiger partial charge in [0.2, 0.25) is 0 Å². The molecule has 0 aliphatic carbocycles. The van der Waals surface area contributed by atoms with Gasteiger partial charge in [0.25, 0.3) is 0 Å². The molecule has 0 saturated heterocycles. The Morgan fingerprint density at radius 1 is 0.289 bits per heavy atom. The van der Waals surface area contributed by atoms with E-state index < -0.39 is 0 Å². The lowest BCUT2D eigenvalue weighted by atomic mass is 10.0. The Bertz CT molecular complexity index is 355. The lowest BCUT2D eigenvalue weighted by Gasteiger charge is -2.06. The smallest absolute Gasteiger partial charge is 0.0701 e. The summed E-state index contributed by atoms with van der Waals surface area (Å²) in [6, 6.07) is 0. The number of unbranched alkanes of at least 4 members (excludes halogenated alkanes) is 25. The van der Waals surface area contributed by atoms with Crippen molar-refractivity contribution in [3.05, 3.63) is 0 Å². The molecule has 0 atom stereocenters. The first-order valence-corrected chi connectivity index (χ1v) is 17.3. The topological polar surface area (TPSA) is 47.9 Å². The Kier molecular flexibility index (Phi) is 36.7. The van der Waals surface area contributed by atoms with Crippen LogP contribution in [0.4, 0.5) is 0 Å². The fourth-order valence-electron chi connectivity index (χ4n) is 5.13. The highest BCUT2D eigenvalue weighted by Gasteiger charge is 1.97. The van der Waals surface area contributed by atoms with E-state index in [2.05, 4.69) is 6.92 Å². The molecule has 0 bridgehead atoms. The number of ether oxygens (including phenoxy) is 3. The summed E-state index contributed by atoms with van der Waals surface area (Å²) in [5.41, 5.74) is 0. The van der Waals surface area contributed by atoms with Crippen molar-refractivity contribution in [3.63, 3.8) is 0 Å². The highest BCUT2D eigenvalue weighted by Crippen LogP contribution is 2.16. The van der Waals surface area contributed by atoms with Gasteiger partial charge in [0.1, 0.15) is 0 Å². The number of hydrogen-bond donors (Lipinski definition) is 1. The van der Waals surface area contributed by atoms with Crippen LogP contribution in [-0.2, 0) is 14.2 Å². The number of aliphatic hydroxyl groups is 1. The van der Waals surface area contributed by atoms with Crippen molar-refractivity contribution in [2.45, 2.75) is 174 Å². The van der Waals surface area contributed by atoms with Crippen molar-refractivity contribution < 1.29 is 19.3 Å². The van der Waals surface area contributed by atoms with Crippen LogP contribution in [0.2, 0.25) is 0 Å². The van der Waals surface area contributed by atoms with Gasteiger partial charge in [0, 0.05) is 6.61 Å². The van der Waals surface area contributed by atoms with Crippen molar-refractivity contribution in [2.24, 2.45) is 0 Å². The van der Waals surface area contributed by atoms with E-state index in [1.54, 1.807) is 0 Å². The van der Waals surface area contributed by atoms with Crippen LogP contribution in [0.15, 0.2) is 0 Å². The molecule has 0 aromatic heterocycles. The van der Waals surface area contributed by atoms with Gasteiger partial charge in [0.15, 0.2) is 0 Å². The highest BCUT2D eigenvalue weighted by molar-refractivity contribution is 4.52. The Morgan fingerprint density at radius 3 is 0.816 bits per heavy atom. The van der Waals surface area contributed by atoms with Crippen molar-refractivity contribution in [1.82, 2.24) is 0 Å². The molecule has 38 heavy (non-hydrogen) atoms. The van der Waals surface area contributed by atoms with E-state index in [1.165, 1.54) is 167 Å². The van der Waals surface area contributed by atoms with Crippen molar-refractivity contribution in [1.29, 1.82) is 0 Å². The summed E-state index contributed by atoms with van der Waals surface area (Å²) in [5, 5.41) is 8.60. The summed E-state index contributed by atoms with van der Waals surface area (Å²) in [4.78, 5) is 0. The molecule has 0 aromatic rings. The first kappa shape index (κ1) is 37.8. The van der Waals surface area contributed by atoms with Crippen LogP contribution in [0.1, 0.15) is 174 Å². The van der Waals surface area contributed by atoms with E-state index in [0.717, 1.165) is 6.61 Å². The summed E-state index contributed by atoms with van der Waals surface area (Å²) in [6.45, 7) is 6.02. The minimum atomic E-state index is 0.0722. The zero-order valence-corrected chi connectivity index (χ0v) is 26.0. The van der Waals surface area contributed by atoms with E-state index in [0.29, 0.717) is 33.0 Å². The maximum absolute atomic E-state index is 8.60.